The van der Waals surface area contributed by atoms with E-state index in [0.29, 0.717) is 83.0 Å². The summed E-state index contributed by atoms with van der Waals surface area (Å²) in [4.78, 5) is 32.9. The molecule has 4 aromatic heterocycles. The Morgan fingerprint density at radius 2 is 0.925 bits per heavy atom. The Labute approximate surface area is 699 Å². The highest BCUT2D eigenvalue weighted by atomic mass is 35.5. The fourth-order valence-electron chi connectivity index (χ4n) is 11.2. The number of hydrogen-bond acceptors (Lipinski definition) is 14. The maximum absolute atomic E-state index is 12.8. The largest absolute Gasteiger partial charge is 0.497 e. The first kappa shape index (κ1) is 102. The lowest BCUT2D eigenvalue weighted by atomic mass is 10.1. The van der Waals surface area contributed by atoms with E-state index in [4.69, 9.17) is 40.0 Å². The van der Waals surface area contributed by atoms with E-state index >= 15 is 0 Å². The summed E-state index contributed by atoms with van der Waals surface area (Å²) in [7, 11) is 67.6. The number of aliphatic hydroxyl groups is 2. The summed E-state index contributed by atoms with van der Waals surface area (Å²) in [6.07, 6.45) is 5.63. The van der Waals surface area contributed by atoms with E-state index in [1.807, 2.05) is 119 Å². The summed E-state index contributed by atoms with van der Waals surface area (Å²) in [6.45, 7) is 5.89. The van der Waals surface area contributed by atoms with Crippen LogP contribution in [0.3, 0.4) is 0 Å². The molecule has 8 aromatic rings. The molecule has 107 heavy (non-hydrogen) atoms. The molecule has 0 spiro atoms. The van der Waals surface area contributed by atoms with E-state index in [-0.39, 0.29) is 132 Å². The third kappa shape index (κ3) is 28.6. The Morgan fingerprint density at radius 3 is 1.29 bits per heavy atom. The molecule has 2 fully saturated rings. The summed E-state index contributed by atoms with van der Waals surface area (Å²) < 4.78 is 37.4. The van der Waals surface area contributed by atoms with Crippen molar-refractivity contribution >= 4 is 317 Å². The van der Waals surface area contributed by atoms with Gasteiger partial charge in [-0.05, 0) is 166 Å². The number of rotatable bonds is 32. The highest BCUT2D eigenvalue weighted by Crippen LogP contribution is 3.34. The van der Waals surface area contributed by atoms with Crippen LogP contribution in [0.4, 0.5) is 0 Å². The lowest BCUT2D eigenvalue weighted by molar-refractivity contribution is 0.00452. The van der Waals surface area contributed by atoms with Crippen molar-refractivity contribution in [3.8, 4) is 56.6 Å². The highest BCUT2D eigenvalue weighted by molar-refractivity contribution is 9.25. The summed E-state index contributed by atoms with van der Waals surface area (Å²) in [5.41, 5.74) is 6.29. The quantitative estimate of drug-likeness (QED) is 0.0267. The molecule has 24 unspecified atom stereocenters. The van der Waals surface area contributed by atoms with Gasteiger partial charge in [-0.3, -0.25) is 14.6 Å². The normalized spacial score (nSPS) is 15.5. The van der Waals surface area contributed by atoms with E-state index in [0.717, 1.165) is 78.9 Å². The number of methoxy groups -OCH3 is 2. The smallest absolute Gasteiger partial charge is 0.260 e. The molecule has 24 atom stereocenters. The number of aromatic amines is 1. The number of aromatic nitrogens is 6. The van der Waals surface area contributed by atoms with Crippen molar-refractivity contribution in [3.63, 3.8) is 0 Å². The molecular formula is C54H98ClN8O9P35. The third-order valence-electron chi connectivity index (χ3n) is 15.6. The SMILES string of the molecule is C.COc1cccc(-n2cc(-c3ccc(OCC(O)CN4CCOCC4)cc3)c3c(=O)[nH]cnc32)c1.COc1cccc(-n2cc(-c3ccc(OCC(O)CN4CCOCC4)cc3)c3c(Cl)ncnc32)c1.PPP(P(P)P)P(P(P(P)P)P(P)P)C(P(P(P)P)P(P)P)(P(P(P)P)P(P)P)P(P(P)P)P(P)P. The Balaban J connectivity index is 0.000000223. The van der Waals surface area contributed by atoms with Crippen molar-refractivity contribution in [2.24, 2.45) is 0 Å². The van der Waals surface area contributed by atoms with Gasteiger partial charge in [0, 0.05) is 74.9 Å². The molecule has 0 bridgehead atoms. The molecule has 53 heteroatoms. The molecule has 0 aliphatic carbocycles. The third-order valence-corrected chi connectivity index (χ3v) is 189. The zero-order valence-electron chi connectivity index (χ0n) is 57.6. The van der Waals surface area contributed by atoms with Crippen LogP contribution < -0.4 is 24.5 Å². The lowest BCUT2D eigenvalue weighted by Gasteiger charge is -2.64. The van der Waals surface area contributed by atoms with Gasteiger partial charge in [0.1, 0.15) is 65.5 Å². The Hall–Kier alpha value is 8.22. The predicted octanol–water partition coefficient (Wildman–Crippen LogP) is 26.4. The molecule has 0 radical (unpaired) electrons. The predicted molar refractivity (Wildman–Crippen MR) is 573 cm³/mol. The molecule has 3 N–H and O–H groups in total. The van der Waals surface area contributed by atoms with Crippen molar-refractivity contribution < 1.29 is 38.6 Å². The molecule has 0 amide bonds. The van der Waals surface area contributed by atoms with Crippen molar-refractivity contribution in [1.82, 2.24) is 38.9 Å². The fourth-order valence-corrected chi connectivity index (χ4v) is 348. The number of benzene rings is 4. The van der Waals surface area contributed by atoms with Gasteiger partial charge in [-0.2, -0.15) is 0 Å². The minimum absolute atomic E-state index is 0. The fraction of sp³-hybridized carbons (Fsp3) is 0.333. The van der Waals surface area contributed by atoms with Crippen molar-refractivity contribution in [2.45, 2.75) is 24.0 Å². The molecule has 2 aliphatic rings. The van der Waals surface area contributed by atoms with Crippen LogP contribution in [0.1, 0.15) is 7.43 Å². The Kier molecular flexibility index (Phi) is 49.5. The van der Waals surface area contributed by atoms with Crippen LogP contribution in [-0.2, 0) is 9.47 Å². The van der Waals surface area contributed by atoms with Crippen molar-refractivity contribution in [3.05, 3.63) is 138 Å². The average molecular weight is 2120 g/mol. The van der Waals surface area contributed by atoms with Crippen LogP contribution in [0.5, 0.6) is 23.0 Å². The number of β-amino-alcohol motifs (C(OH)–C–C–N with tert-alkyl or cyclic N) is 2. The van der Waals surface area contributed by atoms with Gasteiger partial charge in [0.2, 0.25) is 0 Å². The minimum atomic E-state index is -0.585. The Bertz CT molecular complexity index is 4000. The lowest BCUT2D eigenvalue weighted by Crippen LogP contribution is -2.42. The van der Waals surface area contributed by atoms with Gasteiger partial charge in [-0.25, -0.2) is 15.0 Å². The van der Waals surface area contributed by atoms with E-state index in [9.17, 15) is 15.0 Å². The monoisotopic (exact) mass is 2120 g/mol. The number of nitrogens with one attached hydrogen (secondary N) is 1. The first-order valence-electron chi connectivity index (χ1n) is 31.3. The minimum Gasteiger partial charge on any atom is -0.497 e. The number of H-pyrrole nitrogens is 1. The molecule has 2 aliphatic heterocycles. The number of hydrogen-bond donors (Lipinski definition) is 3. The van der Waals surface area contributed by atoms with Crippen molar-refractivity contribution in [1.29, 1.82) is 0 Å². The second-order valence-electron chi connectivity index (χ2n) is 22.7. The van der Waals surface area contributed by atoms with Gasteiger partial charge >= 0.3 is 0 Å². The maximum Gasteiger partial charge on any atom is 0.260 e. The topological polar surface area (TPSA) is 184 Å². The summed E-state index contributed by atoms with van der Waals surface area (Å²) in [5.74, 6) is 2.81. The van der Waals surface area contributed by atoms with Gasteiger partial charge in [0.05, 0.1) is 73.5 Å². The number of halogens is 1. The van der Waals surface area contributed by atoms with Gasteiger partial charge in [0.25, 0.3) is 5.56 Å². The molecule has 590 valence electrons. The maximum atomic E-state index is 12.8. The number of nitrogens with zero attached hydrogens (tertiary/aromatic N) is 7. The summed E-state index contributed by atoms with van der Waals surface area (Å²) in [6, 6.07) is 30.6. The molecule has 17 nitrogen and oxygen atoms in total. The van der Waals surface area contributed by atoms with Gasteiger partial charge in [-0.15, -0.1) is 170 Å². The summed E-state index contributed by atoms with van der Waals surface area (Å²) >= 11 is 6.51. The van der Waals surface area contributed by atoms with Crippen LogP contribution in [0.2, 0.25) is 5.15 Å². The van der Waals surface area contributed by atoms with Crippen LogP contribution >= 0.6 is 295 Å². The molecule has 2 saturated heterocycles. The molecule has 0 saturated carbocycles. The second-order valence-corrected chi connectivity index (χ2v) is 150. The highest BCUT2D eigenvalue weighted by Gasteiger charge is 2.65. The number of morpholine rings is 2. The van der Waals surface area contributed by atoms with E-state index in [2.05, 4.69) is 199 Å². The molecular weight excluding hydrogens is 2020 g/mol. The number of ether oxygens (including phenoxy) is 6. The van der Waals surface area contributed by atoms with E-state index in [1.165, 1.54) is 12.7 Å². The second kappa shape index (κ2) is 51.7. The molecule has 6 heterocycles. The van der Waals surface area contributed by atoms with E-state index in [1.54, 1.807) is 14.2 Å². The van der Waals surface area contributed by atoms with Gasteiger partial charge in [0.15, 0.2) is 5.65 Å². The zero-order valence-corrected chi connectivity index (χ0v) is 94.7. The van der Waals surface area contributed by atoms with Gasteiger partial charge < -0.3 is 52.8 Å². The zero-order chi connectivity index (χ0) is 77.3. The molecule has 10 rings (SSSR count). The standard InChI is InChI=1S/C26H27ClN4O4.C26H28N4O5.CH39P35.CH4/c1-33-22-4-2-3-19(13-22)31-15-23(24-25(27)28-17-29-26(24)31)18-5-7-21(8-6-18)35-16-20(32)14-30-9-11-34-12-10-30;1-33-22-4-2-3-19(13-22)30-15-23(24-25(30)27-17-28-26(24)32)18-5-7-21(8-6-18)35-16-20(31)14-29-9-11-34-12-10-29;2-21-35(32(15)16)25(36(33(17)18)34(19)20)1(22(26(3)4)27(5)6,23(28(7)8)29(9)10)24(30(11)12)31(13)14;/h2-8,13,15,17,20,32H,9-12,14,16H2,1H3;2-8,13,15,17,20,31H,9-12,14,16H2,1H3,(H,27,28,32);21H,2-20H2;1H4. The average Bonchev–Trinajstić information content (AvgIpc) is 1.52. The van der Waals surface area contributed by atoms with Crippen LogP contribution in [-0.4, -0.2) is 159 Å². The van der Waals surface area contributed by atoms with Gasteiger partial charge in [-0.1, -0.05) is 63.4 Å². The molecule has 4 aromatic carbocycles. The van der Waals surface area contributed by atoms with E-state index < -0.39 is 12.2 Å². The number of aliphatic hydroxyl groups excluding tert-OH is 2. The first-order chi connectivity index (χ1) is 50.6. The first-order valence-corrected chi connectivity index (χ1v) is 92.4. The number of fused-ring (bicyclic) bond motifs is 2. The Morgan fingerprint density at radius 1 is 0.533 bits per heavy atom. The van der Waals surface area contributed by atoms with Crippen LogP contribution in [0.15, 0.2) is 127 Å². The van der Waals surface area contributed by atoms with Crippen LogP contribution in [0, 0.1) is 0 Å². The van der Waals surface area contributed by atoms with Crippen LogP contribution in [0.25, 0.3) is 55.7 Å². The summed E-state index contributed by atoms with van der Waals surface area (Å²) in [5, 5.41) is 22.3. The van der Waals surface area contributed by atoms with Crippen molar-refractivity contribution in [2.75, 3.05) is 93.1 Å².